The molecule has 3 rings (SSSR count). The maximum absolute atomic E-state index is 14.2. The maximum atomic E-state index is 14.2. The summed E-state index contributed by atoms with van der Waals surface area (Å²) in [5.74, 6) is 0.139. The average molecular weight is 333 g/mol. The number of nitrogens with zero attached hydrogens (tertiary/aromatic N) is 2. The number of rotatable bonds is 4. The predicted molar refractivity (Wildman–Crippen MR) is 90.8 cm³/mol. The highest BCUT2D eigenvalue weighted by atomic mass is 19.1. The van der Waals surface area contributed by atoms with E-state index >= 15 is 0 Å². The standard InChI is InChI=1S/C18H24FN3O2/c1-13(23)15-2-3-17(16(19)11-15)21-6-8-22(9-7-21)18(24)10-14-4-5-20-12-14/h2-3,11,14,20H,4-10,12H2,1H3/t14-/m0/s1. The van der Waals surface area contributed by atoms with Crippen molar-refractivity contribution in [3.05, 3.63) is 29.6 Å². The number of Topliss-reactive ketones (excluding diaryl/α,β-unsaturated/α-hetero) is 1. The van der Waals surface area contributed by atoms with Gasteiger partial charge in [-0.05, 0) is 50.6 Å². The lowest BCUT2D eigenvalue weighted by molar-refractivity contribution is -0.132. The molecule has 0 saturated carbocycles. The van der Waals surface area contributed by atoms with E-state index in [0.717, 1.165) is 19.5 Å². The van der Waals surface area contributed by atoms with Crippen LogP contribution in [0.4, 0.5) is 10.1 Å². The lowest BCUT2D eigenvalue weighted by Gasteiger charge is -2.36. The smallest absolute Gasteiger partial charge is 0.223 e. The van der Waals surface area contributed by atoms with E-state index in [1.807, 2.05) is 9.80 Å². The number of nitrogens with one attached hydrogen (secondary N) is 1. The van der Waals surface area contributed by atoms with Gasteiger partial charge in [-0.15, -0.1) is 0 Å². The first-order chi connectivity index (χ1) is 11.5. The van der Waals surface area contributed by atoms with Gasteiger partial charge in [0, 0.05) is 38.2 Å². The minimum atomic E-state index is -0.375. The molecule has 6 heteroatoms. The lowest BCUT2D eigenvalue weighted by Crippen LogP contribution is -2.49. The molecular formula is C18H24FN3O2. The van der Waals surface area contributed by atoms with Crippen LogP contribution in [0.15, 0.2) is 18.2 Å². The first-order valence-corrected chi connectivity index (χ1v) is 8.58. The molecule has 0 unspecified atom stereocenters. The van der Waals surface area contributed by atoms with Crippen molar-refractivity contribution in [2.75, 3.05) is 44.2 Å². The SMILES string of the molecule is CC(=O)c1ccc(N2CCN(C(=O)C[C@@H]3CCNC3)CC2)c(F)c1. The molecule has 2 aliphatic rings. The highest BCUT2D eigenvalue weighted by Gasteiger charge is 2.26. The Hall–Kier alpha value is -1.95. The summed E-state index contributed by atoms with van der Waals surface area (Å²) in [6.45, 7) is 5.83. The van der Waals surface area contributed by atoms with Crippen molar-refractivity contribution < 1.29 is 14.0 Å². The van der Waals surface area contributed by atoms with E-state index in [-0.39, 0.29) is 17.5 Å². The Morgan fingerprint density at radius 2 is 2.00 bits per heavy atom. The predicted octanol–water partition coefficient (Wildman–Crippen LogP) is 1.68. The van der Waals surface area contributed by atoms with Crippen molar-refractivity contribution >= 4 is 17.4 Å². The lowest BCUT2D eigenvalue weighted by atomic mass is 10.0. The second kappa shape index (κ2) is 7.30. The van der Waals surface area contributed by atoms with Gasteiger partial charge in [-0.1, -0.05) is 0 Å². The first-order valence-electron chi connectivity index (χ1n) is 8.58. The Morgan fingerprint density at radius 3 is 2.58 bits per heavy atom. The van der Waals surface area contributed by atoms with Gasteiger partial charge < -0.3 is 15.1 Å². The van der Waals surface area contributed by atoms with E-state index in [0.29, 0.717) is 49.8 Å². The van der Waals surface area contributed by atoms with Gasteiger partial charge in [-0.2, -0.15) is 0 Å². The Bertz CT molecular complexity index is 621. The van der Waals surface area contributed by atoms with Crippen LogP contribution in [0.3, 0.4) is 0 Å². The zero-order valence-corrected chi connectivity index (χ0v) is 14.1. The van der Waals surface area contributed by atoms with Gasteiger partial charge in [0.15, 0.2) is 5.78 Å². The molecule has 2 aliphatic heterocycles. The number of hydrogen-bond acceptors (Lipinski definition) is 4. The van der Waals surface area contributed by atoms with E-state index in [1.54, 1.807) is 12.1 Å². The summed E-state index contributed by atoms with van der Waals surface area (Å²) >= 11 is 0. The summed E-state index contributed by atoms with van der Waals surface area (Å²) in [5.41, 5.74) is 0.891. The Morgan fingerprint density at radius 1 is 1.25 bits per heavy atom. The molecule has 1 N–H and O–H groups in total. The third-order valence-corrected chi connectivity index (χ3v) is 4.95. The molecule has 5 nitrogen and oxygen atoms in total. The molecule has 0 aliphatic carbocycles. The minimum Gasteiger partial charge on any atom is -0.366 e. The highest BCUT2D eigenvalue weighted by molar-refractivity contribution is 5.94. The molecule has 0 aromatic heterocycles. The molecule has 0 radical (unpaired) electrons. The molecule has 24 heavy (non-hydrogen) atoms. The monoisotopic (exact) mass is 333 g/mol. The van der Waals surface area contributed by atoms with E-state index in [2.05, 4.69) is 5.32 Å². The maximum Gasteiger partial charge on any atom is 0.223 e. The number of piperazine rings is 1. The largest absolute Gasteiger partial charge is 0.366 e. The van der Waals surface area contributed by atoms with E-state index < -0.39 is 0 Å². The molecule has 0 spiro atoms. The molecule has 2 fully saturated rings. The quantitative estimate of drug-likeness (QED) is 0.852. The summed E-state index contributed by atoms with van der Waals surface area (Å²) in [5, 5.41) is 3.28. The van der Waals surface area contributed by atoms with Crippen LogP contribution in [0.2, 0.25) is 0 Å². The molecule has 130 valence electrons. The summed E-state index contributed by atoms with van der Waals surface area (Å²) in [6.07, 6.45) is 1.67. The van der Waals surface area contributed by atoms with Crippen LogP contribution in [-0.4, -0.2) is 55.9 Å². The number of ketones is 1. The van der Waals surface area contributed by atoms with Crippen molar-refractivity contribution in [2.24, 2.45) is 5.92 Å². The van der Waals surface area contributed by atoms with Crippen molar-refractivity contribution in [2.45, 2.75) is 19.8 Å². The molecule has 1 atom stereocenters. The van der Waals surface area contributed by atoms with Gasteiger partial charge in [0.25, 0.3) is 0 Å². The fourth-order valence-electron chi connectivity index (χ4n) is 3.44. The van der Waals surface area contributed by atoms with Crippen LogP contribution in [-0.2, 0) is 4.79 Å². The van der Waals surface area contributed by atoms with E-state index in [4.69, 9.17) is 0 Å². The third-order valence-electron chi connectivity index (χ3n) is 4.95. The Kier molecular flexibility index (Phi) is 5.14. The number of anilines is 1. The van der Waals surface area contributed by atoms with Crippen LogP contribution in [0, 0.1) is 11.7 Å². The zero-order chi connectivity index (χ0) is 17.1. The van der Waals surface area contributed by atoms with Gasteiger partial charge in [0.05, 0.1) is 5.69 Å². The van der Waals surface area contributed by atoms with Gasteiger partial charge in [0.2, 0.25) is 5.91 Å². The van der Waals surface area contributed by atoms with Crippen LogP contribution in [0.25, 0.3) is 0 Å². The Balaban J connectivity index is 1.56. The van der Waals surface area contributed by atoms with Crippen molar-refractivity contribution in [1.82, 2.24) is 10.2 Å². The topological polar surface area (TPSA) is 52.7 Å². The highest BCUT2D eigenvalue weighted by Crippen LogP contribution is 2.23. The molecule has 2 saturated heterocycles. The van der Waals surface area contributed by atoms with Crippen LogP contribution < -0.4 is 10.2 Å². The zero-order valence-electron chi connectivity index (χ0n) is 14.1. The molecular weight excluding hydrogens is 309 g/mol. The van der Waals surface area contributed by atoms with Gasteiger partial charge >= 0.3 is 0 Å². The molecule has 1 aromatic carbocycles. The molecule has 0 bridgehead atoms. The molecule has 1 amide bonds. The molecule has 1 aromatic rings. The van der Waals surface area contributed by atoms with Crippen molar-refractivity contribution in [1.29, 1.82) is 0 Å². The van der Waals surface area contributed by atoms with Crippen molar-refractivity contribution in [3.8, 4) is 0 Å². The summed E-state index contributed by atoms with van der Waals surface area (Å²) in [4.78, 5) is 27.5. The second-order valence-corrected chi connectivity index (χ2v) is 6.65. The summed E-state index contributed by atoms with van der Waals surface area (Å²) in [7, 11) is 0. The first kappa shape index (κ1) is 16.9. The average Bonchev–Trinajstić information content (AvgIpc) is 3.08. The van der Waals surface area contributed by atoms with Gasteiger partial charge in [0.1, 0.15) is 5.82 Å². The van der Waals surface area contributed by atoms with Crippen LogP contribution >= 0.6 is 0 Å². The number of benzene rings is 1. The van der Waals surface area contributed by atoms with Gasteiger partial charge in [-0.25, -0.2) is 4.39 Å². The number of halogens is 1. The van der Waals surface area contributed by atoms with Crippen molar-refractivity contribution in [3.63, 3.8) is 0 Å². The minimum absolute atomic E-state index is 0.141. The summed E-state index contributed by atoms with van der Waals surface area (Å²) < 4.78 is 14.2. The number of hydrogen-bond donors (Lipinski definition) is 1. The Labute approximate surface area is 141 Å². The van der Waals surface area contributed by atoms with E-state index in [9.17, 15) is 14.0 Å². The van der Waals surface area contributed by atoms with E-state index in [1.165, 1.54) is 13.0 Å². The molecule has 2 heterocycles. The van der Waals surface area contributed by atoms with Crippen LogP contribution in [0.5, 0.6) is 0 Å². The number of carbonyl (C=O) groups excluding carboxylic acids is 2. The van der Waals surface area contributed by atoms with Crippen LogP contribution in [0.1, 0.15) is 30.1 Å². The summed E-state index contributed by atoms with van der Waals surface area (Å²) in [6, 6.07) is 4.61. The fraction of sp³-hybridized carbons (Fsp3) is 0.556. The fourth-order valence-corrected chi connectivity index (χ4v) is 3.44. The van der Waals surface area contributed by atoms with Gasteiger partial charge in [-0.3, -0.25) is 9.59 Å². The normalized spacial score (nSPS) is 21.2. The number of amides is 1. The third kappa shape index (κ3) is 3.75. The number of carbonyl (C=O) groups is 2. The second-order valence-electron chi connectivity index (χ2n) is 6.65.